The summed E-state index contributed by atoms with van der Waals surface area (Å²) in [5.41, 5.74) is 6.08. The molecular formula is C32H31Br2N5O7. The Balaban J connectivity index is 1.36. The van der Waals surface area contributed by atoms with Crippen molar-refractivity contribution in [2.45, 2.75) is 32.7 Å². The summed E-state index contributed by atoms with van der Waals surface area (Å²) in [4.78, 5) is 24.6. The number of hydrazone groups is 1. The van der Waals surface area contributed by atoms with E-state index in [4.69, 9.17) is 24.2 Å². The Bertz CT molecular complexity index is 1670. The van der Waals surface area contributed by atoms with Gasteiger partial charge in [-0.25, -0.2) is 9.59 Å². The second-order valence-electron chi connectivity index (χ2n) is 9.83. The number of hydrogen-bond acceptors (Lipinski definition) is 10. The van der Waals surface area contributed by atoms with Gasteiger partial charge in [-0.05, 0) is 98.8 Å². The van der Waals surface area contributed by atoms with Crippen LogP contribution in [0.3, 0.4) is 0 Å². The fourth-order valence-electron chi connectivity index (χ4n) is 4.44. The summed E-state index contributed by atoms with van der Waals surface area (Å²) in [5, 5.41) is 28.9. The van der Waals surface area contributed by atoms with Gasteiger partial charge in [0.2, 0.25) is 0 Å². The average molecular weight is 757 g/mol. The number of hydrogen-bond donors (Lipinski definition) is 4. The van der Waals surface area contributed by atoms with Crippen LogP contribution in [0.25, 0.3) is 0 Å². The van der Waals surface area contributed by atoms with E-state index in [0.717, 1.165) is 11.1 Å². The molecule has 4 N–H and O–H groups in total. The zero-order chi connectivity index (χ0) is 33.2. The number of carbonyl (C=O) groups is 2. The van der Waals surface area contributed by atoms with Crippen LogP contribution in [0.2, 0.25) is 0 Å². The normalized spacial score (nSPS) is 15.0. The molecule has 4 rings (SSSR count). The van der Waals surface area contributed by atoms with Crippen molar-refractivity contribution in [3.8, 4) is 23.3 Å². The van der Waals surface area contributed by atoms with Crippen molar-refractivity contribution in [1.29, 1.82) is 5.26 Å². The highest BCUT2D eigenvalue weighted by Gasteiger charge is 2.32. The van der Waals surface area contributed by atoms with Crippen LogP contribution in [-0.2, 0) is 16.1 Å². The number of nitrogens with one attached hydrogen (secondary N) is 3. The molecule has 3 aromatic carbocycles. The van der Waals surface area contributed by atoms with E-state index >= 15 is 0 Å². The van der Waals surface area contributed by atoms with E-state index in [2.05, 4.69) is 59.1 Å². The van der Waals surface area contributed by atoms with Gasteiger partial charge in [0.05, 0.1) is 52.1 Å². The Morgan fingerprint density at radius 1 is 1.11 bits per heavy atom. The van der Waals surface area contributed by atoms with Gasteiger partial charge >= 0.3 is 12.0 Å². The van der Waals surface area contributed by atoms with Crippen LogP contribution in [0.4, 0.5) is 4.79 Å². The number of halogens is 2. The third-order valence-electron chi connectivity index (χ3n) is 6.60. The predicted octanol–water partition coefficient (Wildman–Crippen LogP) is 5.18. The van der Waals surface area contributed by atoms with Gasteiger partial charge in [-0.2, -0.15) is 10.4 Å². The molecule has 1 aliphatic heterocycles. The number of nitriles is 1. The number of urea groups is 1. The molecule has 0 radical (unpaired) electrons. The minimum Gasteiger partial charge on any atom is -0.490 e. The molecule has 240 valence electrons. The predicted molar refractivity (Wildman–Crippen MR) is 176 cm³/mol. The monoisotopic (exact) mass is 755 g/mol. The maximum Gasteiger partial charge on any atom is 0.337 e. The van der Waals surface area contributed by atoms with Crippen molar-refractivity contribution in [3.05, 3.63) is 97.1 Å². The maximum atomic E-state index is 12.4. The number of rotatable bonds is 13. The van der Waals surface area contributed by atoms with E-state index in [-0.39, 0.29) is 12.2 Å². The quantitative estimate of drug-likeness (QED) is 0.0797. The molecule has 0 bridgehead atoms. The summed E-state index contributed by atoms with van der Waals surface area (Å²) in [5.74, 6) is 0.739. The molecule has 46 heavy (non-hydrogen) atoms. The van der Waals surface area contributed by atoms with Gasteiger partial charge in [-0.3, -0.25) is 5.43 Å². The molecule has 14 heteroatoms. The number of carbonyl (C=O) groups excluding carboxylic acids is 2. The largest absolute Gasteiger partial charge is 0.490 e. The number of allylic oxidation sites excluding steroid dienone is 1. The number of benzene rings is 3. The number of nitrogens with zero attached hydrogens (tertiary/aromatic N) is 2. The van der Waals surface area contributed by atoms with E-state index in [1.807, 2.05) is 31.2 Å². The molecule has 0 unspecified atom stereocenters. The molecule has 0 aliphatic carbocycles. The van der Waals surface area contributed by atoms with Crippen molar-refractivity contribution in [2.75, 3.05) is 20.3 Å². The zero-order valence-corrected chi connectivity index (χ0v) is 28.3. The van der Waals surface area contributed by atoms with Crippen molar-refractivity contribution in [2.24, 2.45) is 5.10 Å². The van der Waals surface area contributed by atoms with Crippen molar-refractivity contribution < 1.29 is 33.6 Å². The van der Waals surface area contributed by atoms with Crippen LogP contribution in [-0.4, -0.2) is 49.9 Å². The van der Waals surface area contributed by atoms with Crippen molar-refractivity contribution >= 4 is 50.1 Å². The summed E-state index contributed by atoms with van der Waals surface area (Å²) >= 11 is 7.05. The lowest BCUT2D eigenvalue weighted by Crippen LogP contribution is -2.45. The number of aliphatic hydroxyl groups excluding tert-OH is 1. The minimum absolute atomic E-state index is 0.164. The number of amides is 2. The van der Waals surface area contributed by atoms with Gasteiger partial charge in [0.15, 0.2) is 17.7 Å². The fraction of sp³-hybridized carbons (Fsp3) is 0.250. The lowest BCUT2D eigenvalue weighted by atomic mass is 9.95. The number of esters is 1. The lowest BCUT2D eigenvalue weighted by molar-refractivity contribution is -0.136. The Morgan fingerprint density at radius 2 is 1.83 bits per heavy atom. The minimum atomic E-state index is -1.16. The van der Waals surface area contributed by atoms with Crippen LogP contribution in [0.1, 0.15) is 42.1 Å². The van der Waals surface area contributed by atoms with Crippen LogP contribution in [0, 0.1) is 11.3 Å². The van der Waals surface area contributed by atoms with Crippen LogP contribution in [0.15, 0.2) is 79.9 Å². The Labute approximate surface area is 282 Å². The van der Waals surface area contributed by atoms with E-state index in [0.29, 0.717) is 56.2 Å². The van der Waals surface area contributed by atoms with Crippen LogP contribution in [0.5, 0.6) is 17.2 Å². The van der Waals surface area contributed by atoms with Gasteiger partial charge in [0.25, 0.3) is 0 Å². The highest BCUT2D eigenvalue weighted by molar-refractivity contribution is 9.11. The highest BCUT2D eigenvalue weighted by Crippen LogP contribution is 2.36. The Kier molecular flexibility index (Phi) is 12.0. The number of methoxy groups -OCH3 is 1. The van der Waals surface area contributed by atoms with Gasteiger partial charge in [-0.15, -0.1) is 0 Å². The van der Waals surface area contributed by atoms with E-state index in [9.17, 15) is 14.7 Å². The smallest absolute Gasteiger partial charge is 0.337 e. The standard InChI is InChI=1S/C32H31Br2N5O7/c1-4-44-26-13-22(29-28(31(41)43-3)18(2)37-32(42)38-29)9-10-25(26)45-17-27(40)39-36-15-21-11-23(33)30(24(34)12-21)46-16-20-7-5-19(14-35)6-8-20/h5-13,15,27,29,39-40H,4,16-17H2,1-3H3,(H2,37,38,42)/b36-15+/t27-,29-/m1/s1. The summed E-state index contributed by atoms with van der Waals surface area (Å²) in [6.07, 6.45) is 0.373. The zero-order valence-electron chi connectivity index (χ0n) is 25.1. The Morgan fingerprint density at radius 3 is 2.48 bits per heavy atom. The first-order valence-electron chi connectivity index (χ1n) is 14.0. The van der Waals surface area contributed by atoms with Crippen molar-refractivity contribution in [1.82, 2.24) is 16.1 Å². The van der Waals surface area contributed by atoms with Gasteiger partial charge in [-0.1, -0.05) is 18.2 Å². The second-order valence-corrected chi connectivity index (χ2v) is 11.5. The molecule has 0 saturated heterocycles. The molecule has 0 saturated carbocycles. The third kappa shape index (κ3) is 8.78. The first kappa shape index (κ1) is 34.3. The van der Waals surface area contributed by atoms with Crippen molar-refractivity contribution in [3.63, 3.8) is 0 Å². The molecule has 12 nitrogen and oxygen atoms in total. The molecule has 0 fully saturated rings. The van der Waals surface area contributed by atoms with Crippen LogP contribution < -0.4 is 30.3 Å². The van der Waals surface area contributed by atoms with E-state index in [1.165, 1.54) is 13.3 Å². The molecule has 0 spiro atoms. The molecule has 2 amide bonds. The SMILES string of the molecule is CCOc1cc([C@H]2NC(=O)NC(C)=C2C(=O)OC)ccc1OC[C@@H](O)N/N=C/c1cc(Br)c(OCc2ccc(C#N)cc2)c(Br)c1. The molecule has 1 heterocycles. The second kappa shape index (κ2) is 16.1. The fourth-order valence-corrected chi connectivity index (χ4v) is 5.89. The van der Waals surface area contributed by atoms with Crippen LogP contribution >= 0.6 is 31.9 Å². The highest BCUT2D eigenvalue weighted by atomic mass is 79.9. The van der Waals surface area contributed by atoms with E-state index < -0.39 is 24.3 Å². The first-order chi connectivity index (χ1) is 22.1. The summed E-state index contributed by atoms with van der Waals surface area (Å²) in [6, 6.07) is 16.6. The number of ether oxygens (including phenoxy) is 4. The lowest BCUT2D eigenvalue weighted by Gasteiger charge is -2.28. The summed E-state index contributed by atoms with van der Waals surface area (Å²) in [6.45, 7) is 3.91. The van der Waals surface area contributed by atoms with Gasteiger partial charge < -0.3 is 34.7 Å². The average Bonchev–Trinajstić information content (AvgIpc) is 3.03. The number of aliphatic hydroxyl groups is 1. The summed E-state index contributed by atoms with van der Waals surface area (Å²) in [7, 11) is 1.27. The molecule has 0 aromatic heterocycles. The molecule has 2 atom stereocenters. The molecule has 3 aromatic rings. The van der Waals surface area contributed by atoms with Gasteiger partial charge in [0.1, 0.15) is 19.0 Å². The topological polar surface area (TPSA) is 164 Å². The maximum absolute atomic E-state index is 12.4. The third-order valence-corrected chi connectivity index (χ3v) is 7.77. The Hall–Kier alpha value is -4.58. The van der Waals surface area contributed by atoms with E-state index in [1.54, 1.807) is 37.3 Å². The summed E-state index contributed by atoms with van der Waals surface area (Å²) < 4.78 is 23.8. The van der Waals surface area contributed by atoms with Gasteiger partial charge in [0, 0.05) is 5.70 Å². The molecule has 1 aliphatic rings. The molecular weight excluding hydrogens is 726 g/mol. The first-order valence-corrected chi connectivity index (χ1v) is 15.6.